The largest absolute Gasteiger partial charge is 0.456 e. The molecule has 0 aliphatic carbocycles. The van der Waals surface area contributed by atoms with Gasteiger partial charge in [0.2, 0.25) is 0 Å². The number of nitrogen functional groups attached to an aromatic ring is 1. The van der Waals surface area contributed by atoms with E-state index in [1.54, 1.807) is 0 Å². The molecule has 3 heteroatoms. The lowest BCUT2D eigenvalue weighted by Crippen LogP contribution is -1.88. The average Bonchev–Trinajstić information content (AvgIpc) is 2.27. The van der Waals surface area contributed by atoms with Crippen LogP contribution in [0.15, 0.2) is 46.9 Å². The molecule has 2 N–H and O–H groups in total. The van der Waals surface area contributed by atoms with Crippen LogP contribution < -0.4 is 10.5 Å². The second-order valence-electron chi connectivity index (χ2n) is 3.60. The van der Waals surface area contributed by atoms with Crippen molar-refractivity contribution in [3.8, 4) is 11.5 Å². The van der Waals surface area contributed by atoms with Crippen molar-refractivity contribution >= 4 is 21.6 Å². The monoisotopic (exact) mass is 277 g/mol. The zero-order valence-corrected chi connectivity index (χ0v) is 10.5. The van der Waals surface area contributed by atoms with E-state index >= 15 is 0 Å². The molecule has 2 rings (SSSR count). The molecule has 0 heterocycles. The summed E-state index contributed by atoms with van der Waals surface area (Å²) in [7, 11) is 0. The molecule has 0 saturated heterocycles. The molecule has 2 aromatic rings. The van der Waals surface area contributed by atoms with Crippen LogP contribution in [0.2, 0.25) is 0 Å². The van der Waals surface area contributed by atoms with Gasteiger partial charge in [0.05, 0.1) is 4.47 Å². The van der Waals surface area contributed by atoms with Crippen LogP contribution in [0, 0.1) is 6.92 Å². The van der Waals surface area contributed by atoms with Gasteiger partial charge < -0.3 is 10.5 Å². The fraction of sp³-hybridized carbons (Fsp3) is 0.0769. The van der Waals surface area contributed by atoms with Crippen molar-refractivity contribution in [3.63, 3.8) is 0 Å². The van der Waals surface area contributed by atoms with Gasteiger partial charge in [-0.05, 0) is 64.8 Å². The summed E-state index contributed by atoms with van der Waals surface area (Å²) < 4.78 is 6.68. The Bertz CT molecular complexity index is 494. The van der Waals surface area contributed by atoms with E-state index in [1.165, 1.54) is 0 Å². The average molecular weight is 278 g/mol. The molecule has 0 radical (unpaired) electrons. The fourth-order valence-corrected chi connectivity index (χ4v) is 1.68. The van der Waals surface area contributed by atoms with Gasteiger partial charge in [-0.1, -0.05) is 6.07 Å². The summed E-state index contributed by atoms with van der Waals surface area (Å²) in [6, 6.07) is 13.3. The van der Waals surface area contributed by atoms with Crippen LogP contribution in [-0.2, 0) is 0 Å². The highest BCUT2D eigenvalue weighted by atomic mass is 79.9. The van der Waals surface area contributed by atoms with Crippen LogP contribution in [0.3, 0.4) is 0 Å². The van der Waals surface area contributed by atoms with Crippen LogP contribution in [0.5, 0.6) is 11.5 Å². The van der Waals surface area contributed by atoms with Gasteiger partial charge in [-0.15, -0.1) is 0 Å². The van der Waals surface area contributed by atoms with Gasteiger partial charge in [0, 0.05) is 5.69 Å². The number of benzene rings is 2. The Morgan fingerprint density at radius 3 is 2.44 bits per heavy atom. The number of anilines is 1. The summed E-state index contributed by atoms with van der Waals surface area (Å²) in [5, 5.41) is 0. The van der Waals surface area contributed by atoms with E-state index in [0.717, 1.165) is 27.2 Å². The summed E-state index contributed by atoms with van der Waals surface area (Å²) >= 11 is 3.45. The molecular formula is C13H12BrNO. The lowest BCUT2D eigenvalue weighted by atomic mass is 10.2. The van der Waals surface area contributed by atoms with Gasteiger partial charge in [-0.3, -0.25) is 0 Å². The van der Waals surface area contributed by atoms with Crippen molar-refractivity contribution in [2.45, 2.75) is 6.92 Å². The van der Waals surface area contributed by atoms with Gasteiger partial charge in [-0.25, -0.2) is 0 Å². The van der Waals surface area contributed by atoms with Crippen LogP contribution in [0.25, 0.3) is 0 Å². The number of hydrogen-bond acceptors (Lipinski definition) is 2. The van der Waals surface area contributed by atoms with Crippen molar-refractivity contribution in [1.29, 1.82) is 0 Å². The van der Waals surface area contributed by atoms with E-state index in [2.05, 4.69) is 15.9 Å². The standard InChI is InChI=1S/C13H12BrNO/c1-9-2-7-12(14)13(8-9)16-11-5-3-10(15)4-6-11/h2-8H,15H2,1H3. The number of rotatable bonds is 2. The van der Waals surface area contributed by atoms with Crippen molar-refractivity contribution in [1.82, 2.24) is 0 Å². The van der Waals surface area contributed by atoms with Crippen LogP contribution in [0.1, 0.15) is 5.56 Å². The quantitative estimate of drug-likeness (QED) is 0.838. The normalized spacial score (nSPS) is 10.1. The number of halogens is 1. The SMILES string of the molecule is Cc1ccc(Br)c(Oc2ccc(N)cc2)c1. The molecule has 2 nitrogen and oxygen atoms in total. The minimum Gasteiger partial charge on any atom is -0.456 e. The fourth-order valence-electron chi connectivity index (χ4n) is 1.35. The Hall–Kier alpha value is -1.48. The van der Waals surface area contributed by atoms with E-state index < -0.39 is 0 Å². The maximum atomic E-state index is 5.74. The van der Waals surface area contributed by atoms with E-state index in [4.69, 9.17) is 10.5 Å². The van der Waals surface area contributed by atoms with Crippen molar-refractivity contribution < 1.29 is 4.74 Å². The molecule has 0 unspecified atom stereocenters. The van der Waals surface area contributed by atoms with Gasteiger partial charge in [0.25, 0.3) is 0 Å². The minimum absolute atomic E-state index is 0.732. The first-order valence-corrected chi connectivity index (χ1v) is 5.74. The van der Waals surface area contributed by atoms with Crippen molar-refractivity contribution in [2.24, 2.45) is 0 Å². The zero-order chi connectivity index (χ0) is 11.5. The zero-order valence-electron chi connectivity index (χ0n) is 8.91. The highest BCUT2D eigenvalue weighted by Crippen LogP contribution is 2.30. The Labute approximate surface area is 103 Å². The van der Waals surface area contributed by atoms with Crippen LogP contribution >= 0.6 is 15.9 Å². The lowest BCUT2D eigenvalue weighted by molar-refractivity contribution is 0.479. The second kappa shape index (κ2) is 4.58. The predicted octanol–water partition coefficient (Wildman–Crippen LogP) is 4.13. The molecule has 0 atom stereocenters. The third-order valence-corrected chi connectivity index (χ3v) is 2.85. The van der Waals surface area contributed by atoms with Crippen molar-refractivity contribution in [3.05, 3.63) is 52.5 Å². The second-order valence-corrected chi connectivity index (χ2v) is 4.46. The maximum absolute atomic E-state index is 5.74. The summed E-state index contributed by atoms with van der Waals surface area (Å²) in [6.07, 6.45) is 0. The molecule has 0 spiro atoms. The third kappa shape index (κ3) is 2.55. The molecule has 0 aliphatic rings. The summed E-state index contributed by atoms with van der Waals surface area (Å²) in [5.41, 5.74) is 7.50. The number of hydrogen-bond donors (Lipinski definition) is 1. The molecule has 2 aromatic carbocycles. The molecule has 82 valence electrons. The molecular weight excluding hydrogens is 266 g/mol. The van der Waals surface area contributed by atoms with E-state index in [-0.39, 0.29) is 0 Å². The lowest BCUT2D eigenvalue weighted by Gasteiger charge is -2.08. The topological polar surface area (TPSA) is 35.2 Å². The Morgan fingerprint density at radius 1 is 1.06 bits per heavy atom. The van der Waals surface area contributed by atoms with Gasteiger partial charge in [0.15, 0.2) is 0 Å². The molecule has 0 fully saturated rings. The predicted molar refractivity (Wildman–Crippen MR) is 69.8 cm³/mol. The van der Waals surface area contributed by atoms with Gasteiger partial charge >= 0.3 is 0 Å². The van der Waals surface area contributed by atoms with Gasteiger partial charge in [0.1, 0.15) is 11.5 Å². The molecule has 0 bridgehead atoms. The first-order valence-electron chi connectivity index (χ1n) is 4.95. The number of aryl methyl sites for hydroxylation is 1. The Morgan fingerprint density at radius 2 is 1.75 bits per heavy atom. The highest BCUT2D eigenvalue weighted by molar-refractivity contribution is 9.10. The molecule has 0 aromatic heterocycles. The summed E-state index contributed by atoms with van der Waals surface area (Å²) in [5.74, 6) is 1.59. The minimum atomic E-state index is 0.732. The Balaban J connectivity index is 2.26. The maximum Gasteiger partial charge on any atom is 0.141 e. The third-order valence-electron chi connectivity index (χ3n) is 2.19. The van der Waals surface area contributed by atoms with Crippen LogP contribution in [0.4, 0.5) is 5.69 Å². The first kappa shape index (κ1) is 11.0. The smallest absolute Gasteiger partial charge is 0.141 e. The van der Waals surface area contributed by atoms with E-state index in [1.807, 2.05) is 49.4 Å². The molecule has 0 aliphatic heterocycles. The first-order chi connectivity index (χ1) is 7.65. The summed E-state index contributed by atoms with van der Waals surface area (Å²) in [4.78, 5) is 0. The highest BCUT2D eigenvalue weighted by Gasteiger charge is 2.02. The van der Waals surface area contributed by atoms with Crippen molar-refractivity contribution in [2.75, 3.05) is 5.73 Å². The summed E-state index contributed by atoms with van der Waals surface area (Å²) in [6.45, 7) is 2.03. The Kier molecular flexibility index (Phi) is 3.15. The molecule has 0 amide bonds. The molecule has 16 heavy (non-hydrogen) atoms. The number of ether oxygens (including phenoxy) is 1. The van der Waals surface area contributed by atoms with E-state index in [0.29, 0.717) is 0 Å². The van der Waals surface area contributed by atoms with E-state index in [9.17, 15) is 0 Å². The van der Waals surface area contributed by atoms with Gasteiger partial charge in [-0.2, -0.15) is 0 Å². The molecule has 0 saturated carbocycles. The number of nitrogens with two attached hydrogens (primary N) is 1. The van der Waals surface area contributed by atoms with Crippen LogP contribution in [-0.4, -0.2) is 0 Å².